The van der Waals surface area contributed by atoms with Crippen LogP contribution in [0.1, 0.15) is 19.8 Å². The molecule has 4 fully saturated rings. The van der Waals surface area contributed by atoms with E-state index in [2.05, 4.69) is 17.1 Å². The molecule has 2 atom stereocenters. The molecule has 1 amide bonds. The van der Waals surface area contributed by atoms with Gasteiger partial charge in [0, 0.05) is 31.1 Å². The first kappa shape index (κ1) is 7.80. The van der Waals surface area contributed by atoms with Crippen LogP contribution in [0, 0.1) is 11.8 Å². The van der Waals surface area contributed by atoms with E-state index in [1.807, 2.05) is 0 Å². The molecule has 1 N–H and O–H groups in total. The van der Waals surface area contributed by atoms with E-state index >= 15 is 0 Å². The van der Waals surface area contributed by atoms with Crippen molar-refractivity contribution in [3.05, 3.63) is 0 Å². The minimum Gasteiger partial charge on any atom is -0.339 e. The summed E-state index contributed by atoms with van der Waals surface area (Å²) in [7, 11) is 0. The summed E-state index contributed by atoms with van der Waals surface area (Å²) >= 11 is 0. The number of rotatable bonds is 1. The number of fused-ring (bicyclic) bond motifs is 2. The summed E-state index contributed by atoms with van der Waals surface area (Å²) < 4.78 is 0. The number of carbonyl (C=O) groups is 1. The third-order valence-corrected chi connectivity index (χ3v) is 3.77. The lowest BCUT2D eigenvalue weighted by atomic mass is 9.80. The van der Waals surface area contributed by atoms with Gasteiger partial charge in [0.2, 0.25) is 5.91 Å². The minimum atomic E-state index is 0.396. The Labute approximate surface area is 78.5 Å². The number of nitrogens with zero attached hydrogens (tertiary/aromatic N) is 1. The van der Waals surface area contributed by atoms with Crippen molar-refractivity contribution < 1.29 is 4.79 Å². The van der Waals surface area contributed by atoms with E-state index in [1.54, 1.807) is 0 Å². The van der Waals surface area contributed by atoms with E-state index in [0.717, 1.165) is 31.8 Å². The molecule has 0 radical (unpaired) electrons. The first-order valence-corrected chi connectivity index (χ1v) is 5.30. The molecule has 3 heteroatoms. The molecule has 0 aromatic carbocycles. The number of piperidine rings is 1. The van der Waals surface area contributed by atoms with Gasteiger partial charge in [-0.25, -0.2) is 0 Å². The molecular weight excluding hydrogens is 164 g/mol. The number of hydrogen-bond acceptors (Lipinski definition) is 2. The standard InChI is InChI=1S/C10H16N2O/c1-6-8-4-12(5-9(6)11-8)10(13)7-2-3-7/h6-9,11H,2-5H2,1H3. The summed E-state index contributed by atoms with van der Waals surface area (Å²) in [5.41, 5.74) is 0. The normalized spacial score (nSPS) is 42.8. The SMILES string of the molecule is CC1C2CN(C(=O)C3CC3)CC1N2. The highest BCUT2D eigenvalue weighted by molar-refractivity contribution is 5.81. The molecule has 0 spiro atoms. The number of hydrogen-bond donors (Lipinski definition) is 1. The van der Waals surface area contributed by atoms with Crippen LogP contribution >= 0.6 is 0 Å². The highest BCUT2D eigenvalue weighted by Crippen LogP contribution is 2.34. The molecule has 3 aliphatic heterocycles. The summed E-state index contributed by atoms with van der Waals surface area (Å²) in [5, 5.41) is 3.48. The summed E-state index contributed by atoms with van der Waals surface area (Å²) in [6.07, 6.45) is 2.27. The zero-order valence-corrected chi connectivity index (χ0v) is 7.99. The highest BCUT2D eigenvalue weighted by Gasteiger charge is 2.46. The fourth-order valence-electron chi connectivity index (χ4n) is 2.50. The fourth-order valence-corrected chi connectivity index (χ4v) is 2.50. The molecule has 0 aromatic heterocycles. The van der Waals surface area contributed by atoms with Gasteiger partial charge >= 0.3 is 0 Å². The van der Waals surface area contributed by atoms with Crippen molar-refractivity contribution in [3.63, 3.8) is 0 Å². The molecule has 1 saturated carbocycles. The first-order valence-electron chi connectivity index (χ1n) is 5.30. The molecular formula is C10H16N2O. The van der Waals surface area contributed by atoms with Crippen LogP contribution < -0.4 is 5.32 Å². The third kappa shape index (κ3) is 1.10. The predicted octanol–water partition coefficient (Wildman–Crippen LogP) is 0.215. The van der Waals surface area contributed by atoms with E-state index in [-0.39, 0.29) is 0 Å². The Hall–Kier alpha value is -0.570. The zero-order chi connectivity index (χ0) is 9.00. The summed E-state index contributed by atoms with van der Waals surface area (Å²) in [6.45, 7) is 4.19. The summed E-state index contributed by atoms with van der Waals surface area (Å²) in [6, 6.07) is 1.17. The highest BCUT2D eigenvalue weighted by atomic mass is 16.2. The van der Waals surface area contributed by atoms with Gasteiger partial charge in [0.1, 0.15) is 0 Å². The van der Waals surface area contributed by atoms with Gasteiger partial charge in [0.25, 0.3) is 0 Å². The van der Waals surface area contributed by atoms with E-state index in [4.69, 9.17) is 0 Å². The van der Waals surface area contributed by atoms with Gasteiger partial charge in [-0.1, -0.05) is 6.92 Å². The molecule has 72 valence electrons. The van der Waals surface area contributed by atoms with Gasteiger partial charge in [-0.05, 0) is 18.8 Å². The van der Waals surface area contributed by atoms with Gasteiger partial charge in [0.15, 0.2) is 0 Å². The number of carbonyl (C=O) groups excluding carboxylic acids is 1. The average molecular weight is 180 g/mol. The third-order valence-electron chi connectivity index (χ3n) is 3.77. The van der Waals surface area contributed by atoms with Gasteiger partial charge in [-0.2, -0.15) is 0 Å². The fraction of sp³-hybridized carbons (Fsp3) is 0.900. The summed E-state index contributed by atoms with van der Waals surface area (Å²) in [5.74, 6) is 1.60. The number of piperazine rings is 1. The molecule has 1 aliphatic carbocycles. The van der Waals surface area contributed by atoms with Crippen LogP contribution in [0.2, 0.25) is 0 Å². The van der Waals surface area contributed by atoms with Crippen molar-refractivity contribution >= 4 is 5.91 Å². The van der Waals surface area contributed by atoms with Gasteiger partial charge < -0.3 is 10.2 Å². The largest absolute Gasteiger partial charge is 0.339 e. The van der Waals surface area contributed by atoms with Crippen molar-refractivity contribution in [2.75, 3.05) is 13.1 Å². The topological polar surface area (TPSA) is 32.3 Å². The van der Waals surface area contributed by atoms with Crippen molar-refractivity contribution in [1.29, 1.82) is 0 Å². The molecule has 0 aromatic rings. The monoisotopic (exact) mass is 180 g/mol. The molecule has 2 bridgehead atoms. The second-order valence-corrected chi connectivity index (χ2v) is 4.76. The molecule has 4 rings (SSSR count). The maximum Gasteiger partial charge on any atom is 0.225 e. The first-order chi connectivity index (χ1) is 6.25. The smallest absolute Gasteiger partial charge is 0.225 e. The molecule has 4 aliphatic rings. The van der Waals surface area contributed by atoms with Crippen LogP contribution in [0.4, 0.5) is 0 Å². The second kappa shape index (κ2) is 2.47. The molecule has 3 saturated heterocycles. The molecule has 3 nitrogen and oxygen atoms in total. The van der Waals surface area contributed by atoms with E-state index in [0.29, 0.717) is 23.9 Å². The van der Waals surface area contributed by atoms with Crippen molar-refractivity contribution in [2.24, 2.45) is 11.8 Å². The maximum atomic E-state index is 11.7. The lowest BCUT2D eigenvalue weighted by molar-refractivity contribution is -0.138. The van der Waals surface area contributed by atoms with Gasteiger partial charge in [-0.15, -0.1) is 0 Å². The van der Waals surface area contributed by atoms with E-state index < -0.39 is 0 Å². The van der Waals surface area contributed by atoms with E-state index in [9.17, 15) is 4.79 Å². The average Bonchev–Trinajstić information content (AvgIpc) is 2.99. The van der Waals surface area contributed by atoms with Crippen molar-refractivity contribution in [2.45, 2.75) is 31.8 Å². The van der Waals surface area contributed by atoms with Crippen molar-refractivity contribution in [1.82, 2.24) is 10.2 Å². The number of nitrogens with one attached hydrogen (secondary N) is 1. The van der Waals surface area contributed by atoms with Crippen molar-refractivity contribution in [3.8, 4) is 0 Å². The van der Waals surface area contributed by atoms with Crippen LogP contribution in [0.15, 0.2) is 0 Å². The van der Waals surface area contributed by atoms with Gasteiger partial charge in [-0.3, -0.25) is 4.79 Å². The van der Waals surface area contributed by atoms with Crippen LogP contribution in [0.25, 0.3) is 0 Å². The predicted molar refractivity (Wildman–Crippen MR) is 49.2 cm³/mol. The Morgan fingerprint density at radius 3 is 2.38 bits per heavy atom. The second-order valence-electron chi connectivity index (χ2n) is 4.76. The van der Waals surface area contributed by atoms with Gasteiger partial charge in [0.05, 0.1) is 0 Å². The molecule has 2 unspecified atom stereocenters. The zero-order valence-electron chi connectivity index (χ0n) is 7.99. The Morgan fingerprint density at radius 1 is 1.31 bits per heavy atom. The Morgan fingerprint density at radius 2 is 1.92 bits per heavy atom. The van der Waals surface area contributed by atoms with Crippen LogP contribution in [0.5, 0.6) is 0 Å². The Balaban J connectivity index is 1.65. The van der Waals surface area contributed by atoms with Crippen LogP contribution in [0.3, 0.4) is 0 Å². The Kier molecular flexibility index (Phi) is 1.48. The molecule has 13 heavy (non-hydrogen) atoms. The number of amides is 1. The van der Waals surface area contributed by atoms with Crippen LogP contribution in [-0.2, 0) is 4.79 Å². The molecule has 3 heterocycles. The summed E-state index contributed by atoms with van der Waals surface area (Å²) in [4.78, 5) is 13.8. The quantitative estimate of drug-likeness (QED) is 0.626. The lowest BCUT2D eigenvalue weighted by Gasteiger charge is -2.53. The van der Waals surface area contributed by atoms with E-state index in [1.165, 1.54) is 0 Å². The lowest BCUT2D eigenvalue weighted by Crippen LogP contribution is -2.73. The van der Waals surface area contributed by atoms with Crippen LogP contribution in [-0.4, -0.2) is 36.0 Å². The minimum absolute atomic E-state index is 0.396. The Bertz CT molecular complexity index is 237. The maximum absolute atomic E-state index is 11.7.